The standard InChI is InChI=1S/C22H26F3N5O2/c23-22(24,25)16-3-5-26-19(8-16)28-20-9-18(27-21(29-20)15-4-7-31-11-15)14-2-1-6-30(10-14)17-12-32-13-17/h3,5,8-9,14-15,17H,1-2,4,6-7,10-13H2,(H,26,27,28,29). The van der Waals surface area contributed by atoms with E-state index in [0.29, 0.717) is 30.9 Å². The van der Waals surface area contributed by atoms with Crippen molar-refractivity contribution in [3.63, 3.8) is 0 Å². The van der Waals surface area contributed by atoms with Crippen LogP contribution in [0.15, 0.2) is 24.4 Å². The lowest BCUT2D eigenvalue weighted by Gasteiger charge is -2.42. The van der Waals surface area contributed by atoms with E-state index in [-0.39, 0.29) is 17.7 Å². The average Bonchev–Trinajstić information content (AvgIpc) is 3.27. The highest BCUT2D eigenvalue weighted by atomic mass is 19.4. The SMILES string of the molecule is FC(F)(F)c1ccnc(Nc2cc(C3CCCN(C4COC4)C3)nc(C3CCOC3)n2)c1. The number of rotatable bonds is 5. The topological polar surface area (TPSA) is 72.4 Å². The Balaban J connectivity index is 1.42. The van der Waals surface area contributed by atoms with Gasteiger partial charge in [0.2, 0.25) is 0 Å². The predicted octanol–water partition coefficient (Wildman–Crippen LogP) is 3.72. The number of nitrogens with one attached hydrogen (secondary N) is 1. The van der Waals surface area contributed by atoms with Gasteiger partial charge in [-0.15, -0.1) is 0 Å². The van der Waals surface area contributed by atoms with Crippen LogP contribution in [-0.4, -0.2) is 65.4 Å². The third-order valence-corrected chi connectivity index (χ3v) is 6.41. The zero-order chi connectivity index (χ0) is 22.1. The van der Waals surface area contributed by atoms with E-state index in [4.69, 9.17) is 14.5 Å². The lowest BCUT2D eigenvalue weighted by atomic mass is 9.92. The number of pyridine rings is 1. The number of alkyl halides is 3. The Labute approximate surface area is 184 Å². The van der Waals surface area contributed by atoms with Crippen molar-refractivity contribution >= 4 is 11.6 Å². The van der Waals surface area contributed by atoms with Crippen LogP contribution in [0.2, 0.25) is 0 Å². The summed E-state index contributed by atoms with van der Waals surface area (Å²) in [6, 6.07) is 4.28. The van der Waals surface area contributed by atoms with Gasteiger partial charge in [-0.05, 0) is 37.9 Å². The quantitative estimate of drug-likeness (QED) is 0.746. The number of nitrogens with zero attached hydrogens (tertiary/aromatic N) is 4. The smallest absolute Gasteiger partial charge is 0.381 e. The fraction of sp³-hybridized carbons (Fsp3) is 0.591. The zero-order valence-corrected chi connectivity index (χ0v) is 17.6. The van der Waals surface area contributed by atoms with E-state index < -0.39 is 11.7 Å². The van der Waals surface area contributed by atoms with Crippen LogP contribution in [-0.2, 0) is 15.7 Å². The van der Waals surface area contributed by atoms with E-state index in [0.717, 1.165) is 69.6 Å². The summed E-state index contributed by atoms with van der Waals surface area (Å²) >= 11 is 0. The maximum Gasteiger partial charge on any atom is 0.416 e. The van der Waals surface area contributed by atoms with Gasteiger partial charge in [0.25, 0.3) is 0 Å². The van der Waals surface area contributed by atoms with Crippen LogP contribution in [0, 0.1) is 0 Å². The highest BCUT2D eigenvalue weighted by Gasteiger charge is 2.33. The van der Waals surface area contributed by atoms with Crippen molar-refractivity contribution in [3.05, 3.63) is 41.5 Å². The van der Waals surface area contributed by atoms with Crippen LogP contribution in [0.1, 0.15) is 48.2 Å². The molecule has 3 fully saturated rings. The van der Waals surface area contributed by atoms with Crippen molar-refractivity contribution in [1.29, 1.82) is 0 Å². The monoisotopic (exact) mass is 449 g/mol. The Hall–Kier alpha value is -2.30. The first-order valence-electron chi connectivity index (χ1n) is 11.0. The molecule has 1 N–H and O–H groups in total. The molecule has 5 heterocycles. The highest BCUT2D eigenvalue weighted by Crippen LogP contribution is 2.33. The molecule has 0 saturated carbocycles. The summed E-state index contributed by atoms with van der Waals surface area (Å²) < 4.78 is 50.2. The van der Waals surface area contributed by atoms with Crippen molar-refractivity contribution < 1.29 is 22.6 Å². The van der Waals surface area contributed by atoms with Crippen molar-refractivity contribution in [2.45, 2.75) is 43.3 Å². The molecule has 7 nitrogen and oxygen atoms in total. The van der Waals surface area contributed by atoms with E-state index in [2.05, 4.69) is 20.2 Å². The first-order valence-corrected chi connectivity index (χ1v) is 11.0. The summed E-state index contributed by atoms with van der Waals surface area (Å²) in [5, 5.41) is 2.98. The van der Waals surface area contributed by atoms with Gasteiger partial charge < -0.3 is 14.8 Å². The molecule has 0 radical (unpaired) electrons. The van der Waals surface area contributed by atoms with Crippen LogP contribution >= 0.6 is 0 Å². The van der Waals surface area contributed by atoms with Crippen LogP contribution in [0.3, 0.4) is 0 Å². The molecule has 2 atom stereocenters. The first-order chi connectivity index (χ1) is 15.5. The minimum Gasteiger partial charge on any atom is -0.381 e. The van der Waals surface area contributed by atoms with Gasteiger partial charge in [-0.3, -0.25) is 4.90 Å². The second-order valence-electron chi connectivity index (χ2n) is 8.67. The first kappa shape index (κ1) is 21.5. The molecule has 0 spiro atoms. The van der Waals surface area contributed by atoms with Gasteiger partial charge in [0.05, 0.1) is 37.1 Å². The van der Waals surface area contributed by atoms with Gasteiger partial charge in [0.15, 0.2) is 0 Å². The molecule has 172 valence electrons. The van der Waals surface area contributed by atoms with E-state index in [1.54, 1.807) is 0 Å². The molecule has 32 heavy (non-hydrogen) atoms. The van der Waals surface area contributed by atoms with Crippen molar-refractivity contribution in [3.8, 4) is 0 Å². The number of hydrogen-bond donors (Lipinski definition) is 1. The third kappa shape index (κ3) is 4.72. The second-order valence-corrected chi connectivity index (χ2v) is 8.67. The molecule has 0 aromatic carbocycles. The van der Waals surface area contributed by atoms with Gasteiger partial charge >= 0.3 is 6.18 Å². The molecule has 3 aliphatic rings. The van der Waals surface area contributed by atoms with E-state index in [9.17, 15) is 13.2 Å². The van der Waals surface area contributed by atoms with Gasteiger partial charge in [-0.2, -0.15) is 13.2 Å². The van der Waals surface area contributed by atoms with E-state index in [1.807, 2.05) is 6.07 Å². The molecule has 2 unspecified atom stereocenters. The molecule has 2 aromatic rings. The average molecular weight is 449 g/mol. The van der Waals surface area contributed by atoms with Gasteiger partial charge in [0, 0.05) is 37.3 Å². The summed E-state index contributed by atoms with van der Waals surface area (Å²) in [4.78, 5) is 16.0. The van der Waals surface area contributed by atoms with E-state index >= 15 is 0 Å². The summed E-state index contributed by atoms with van der Waals surface area (Å²) in [5.74, 6) is 1.58. The van der Waals surface area contributed by atoms with Crippen molar-refractivity contribution in [2.24, 2.45) is 0 Å². The lowest BCUT2D eigenvalue weighted by Crippen LogP contribution is -2.52. The molecule has 0 aliphatic carbocycles. The predicted molar refractivity (Wildman–Crippen MR) is 111 cm³/mol. The van der Waals surface area contributed by atoms with E-state index in [1.165, 1.54) is 0 Å². The number of ether oxygens (including phenoxy) is 2. The summed E-state index contributed by atoms with van der Waals surface area (Å²) in [7, 11) is 0. The van der Waals surface area contributed by atoms with Crippen LogP contribution < -0.4 is 5.32 Å². The third-order valence-electron chi connectivity index (χ3n) is 6.41. The van der Waals surface area contributed by atoms with Crippen molar-refractivity contribution in [2.75, 3.05) is 44.8 Å². The molecule has 3 saturated heterocycles. The minimum absolute atomic E-state index is 0.0877. The molecule has 3 aliphatic heterocycles. The Morgan fingerprint density at radius 1 is 1.00 bits per heavy atom. The van der Waals surface area contributed by atoms with Crippen LogP contribution in [0.4, 0.5) is 24.8 Å². The number of likely N-dealkylation sites (tertiary alicyclic amines) is 1. The highest BCUT2D eigenvalue weighted by molar-refractivity contribution is 5.53. The summed E-state index contributed by atoms with van der Waals surface area (Å²) in [6.07, 6.45) is -0.354. The molecular weight excluding hydrogens is 423 g/mol. The molecule has 10 heteroatoms. The molecule has 0 bridgehead atoms. The lowest BCUT2D eigenvalue weighted by molar-refractivity contribution is -0.137. The summed E-state index contributed by atoms with van der Waals surface area (Å²) in [6.45, 7) is 4.71. The number of piperidine rings is 1. The maximum atomic E-state index is 13.1. The van der Waals surface area contributed by atoms with Gasteiger partial charge in [0.1, 0.15) is 17.5 Å². The van der Waals surface area contributed by atoms with Crippen LogP contribution in [0.5, 0.6) is 0 Å². The number of hydrogen-bond acceptors (Lipinski definition) is 7. The Bertz CT molecular complexity index is 947. The normalized spacial score (nSPS) is 25.0. The zero-order valence-electron chi connectivity index (χ0n) is 17.6. The Morgan fingerprint density at radius 3 is 2.59 bits per heavy atom. The minimum atomic E-state index is -4.43. The fourth-order valence-electron chi connectivity index (χ4n) is 4.50. The second kappa shape index (κ2) is 8.92. The fourth-order valence-corrected chi connectivity index (χ4v) is 4.50. The molecule has 2 aromatic heterocycles. The largest absolute Gasteiger partial charge is 0.416 e. The number of anilines is 2. The molecular formula is C22H26F3N5O2. The van der Waals surface area contributed by atoms with Gasteiger partial charge in [-0.25, -0.2) is 15.0 Å². The summed E-state index contributed by atoms with van der Waals surface area (Å²) in [5.41, 5.74) is 0.167. The van der Waals surface area contributed by atoms with Gasteiger partial charge in [-0.1, -0.05) is 0 Å². The van der Waals surface area contributed by atoms with Crippen LogP contribution in [0.25, 0.3) is 0 Å². The number of aromatic nitrogens is 3. The van der Waals surface area contributed by atoms with Crippen molar-refractivity contribution in [1.82, 2.24) is 19.9 Å². The maximum absolute atomic E-state index is 13.1. The Kier molecular flexibility index (Phi) is 6.00. The number of halogens is 3. The molecule has 0 amide bonds. The Morgan fingerprint density at radius 2 is 1.88 bits per heavy atom. The molecule has 5 rings (SSSR count).